The van der Waals surface area contributed by atoms with E-state index in [1.807, 2.05) is 0 Å². The number of nitrogens with zero attached hydrogens (tertiary/aromatic N) is 2. The van der Waals surface area contributed by atoms with E-state index in [1.54, 1.807) is 11.5 Å². The molecule has 0 atom stereocenters. The molecule has 1 aliphatic rings. The Hall–Kier alpha value is -3.21. The van der Waals surface area contributed by atoms with Gasteiger partial charge in [-0.3, -0.25) is 14.2 Å². The van der Waals surface area contributed by atoms with Crippen LogP contribution < -0.4 is 10.9 Å². The number of hydrogen-bond acceptors (Lipinski definition) is 6. The van der Waals surface area contributed by atoms with E-state index in [0.717, 1.165) is 36.0 Å². The number of ether oxygens (including phenoxy) is 1. The molecule has 162 valence electrons. The molecule has 0 saturated heterocycles. The van der Waals surface area contributed by atoms with Crippen LogP contribution in [0.5, 0.6) is 0 Å². The minimum atomic E-state index is -4.54. The number of anilines is 1. The van der Waals surface area contributed by atoms with Gasteiger partial charge in [-0.1, -0.05) is 6.07 Å². The highest BCUT2D eigenvalue weighted by atomic mass is 32.1. The minimum absolute atomic E-state index is 0.0688. The molecule has 1 N–H and O–H groups in total. The number of alkyl halides is 3. The maximum atomic E-state index is 12.8. The summed E-state index contributed by atoms with van der Waals surface area (Å²) in [6.07, 6.45) is -3.01. The second-order valence-corrected chi connectivity index (χ2v) is 8.03. The summed E-state index contributed by atoms with van der Waals surface area (Å²) in [5, 5.41) is 2.62. The number of amides is 1. The number of hydrogen-bond donors (Lipinski definition) is 1. The van der Waals surface area contributed by atoms with E-state index in [2.05, 4.69) is 10.3 Å². The summed E-state index contributed by atoms with van der Waals surface area (Å²) in [7, 11) is 0. The highest BCUT2D eigenvalue weighted by molar-refractivity contribution is 7.20. The van der Waals surface area contributed by atoms with Crippen LogP contribution >= 0.6 is 11.3 Å². The smallest absolute Gasteiger partial charge is 0.416 e. The molecule has 0 spiro atoms. The van der Waals surface area contributed by atoms with Gasteiger partial charge in [0.05, 0.1) is 10.9 Å². The first-order valence-corrected chi connectivity index (χ1v) is 10.1. The molecule has 2 aromatic heterocycles. The lowest BCUT2D eigenvalue weighted by Gasteiger charge is -2.10. The molecule has 0 fully saturated rings. The molecular weight excluding hydrogens is 435 g/mol. The first kappa shape index (κ1) is 21.0. The first-order valence-electron chi connectivity index (χ1n) is 9.32. The van der Waals surface area contributed by atoms with Gasteiger partial charge >= 0.3 is 12.1 Å². The van der Waals surface area contributed by atoms with Crippen molar-refractivity contribution in [2.45, 2.75) is 32.5 Å². The van der Waals surface area contributed by atoms with E-state index in [9.17, 15) is 27.6 Å². The van der Waals surface area contributed by atoms with Gasteiger partial charge in [-0.2, -0.15) is 13.2 Å². The number of thiophene rings is 1. The maximum Gasteiger partial charge on any atom is 0.416 e. The summed E-state index contributed by atoms with van der Waals surface area (Å²) < 4.78 is 44.9. The number of nitrogens with one attached hydrogen (secondary N) is 1. The van der Waals surface area contributed by atoms with Crippen LogP contribution in [0.1, 0.15) is 33.0 Å². The molecule has 0 unspecified atom stereocenters. The molecule has 0 saturated carbocycles. The Morgan fingerprint density at radius 2 is 2.10 bits per heavy atom. The molecule has 0 bridgehead atoms. The molecule has 11 heteroatoms. The fraction of sp³-hybridized carbons (Fsp3) is 0.300. The highest BCUT2D eigenvalue weighted by Gasteiger charge is 2.30. The van der Waals surface area contributed by atoms with E-state index in [4.69, 9.17) is 4.74 Å². The van der Waals surface area contributed by atoms with Gasteiger partial charge in [-0.25, -0.2) is 9.78 Å². The second kappa shape index (κ2) is 7.80. The number of halogens is 3. The van der Waals surface area contributed by atoms with Gasteiger partial charge < -0.3 is 10.1 Å². The normalized spacial score (nSPS) is 13.3. The van der Waals surface area contributed by atoms with Gasteiger partial charge in [0.1, 0.15) is 15.5 Å². The van der Waals surface area contributed by atoms with Gasteiger partial charge in [0.25, 0.3) is 11.5 Å². The maximum absolute atomic E-state index is 12.8. The zero-order chi connectivity index (χ0) is 22.3. The van der Waals surface area contributed by atoms with Crippen molar-refractivity contribution in [3.05, 3.63) is 56.4 Å². The fourth-order valence-electron chi connectivity index (χ4n) is 3.44. The van der Waals surface area contributed by atoms with Crippen LogP contribution in [0.15, 0.2) is 29.1 Å². The second-order valence-electron chi connectivity index (χ2n) is 7.03. The van der Waals surface area contributed by atoms with Crippen molar-refractivity contribution in [1.82, 2.24) is 9.55 Å². The van der Waals surface area contributed by atoms with Crippen molar-refractivity contribution in [3.8, 4) is 0 Å². The largest absolute Gasteiger partial charge is 0.451 e. The van der Waals surface area contributed by atoms with Gasteiger partial charge in [-0.05, 0) is 37.1 Å². The summed E-state index contributed by atoms with van der Waals surface area (Å²) >= 11 is 1.02. The van der Waals surface area contributed by atoms with Crippen molar-refractivity contribution in [2.24, 2.45) is 0 Å². The summed E-state index contributed by atoms with van der Waals surface area (Å²) in [6.45, 7) is 1.51. The third-order valence-corrected chi connectivity index (χ3v) is 6.07. The van der Waals surface area contributed by atoms with Gasteiger partial charge in [0.15, 0.2) is 6.61 Å². The Morgan fingerprint density at radius 1 is 1.32 bits per heavy atom. The Bertz CT molecular complexity index is 1260. The molecule has 1 aliphatic heterocycles. The van der Waals surface area contributed by atoms with Crippen LogP contribution in [-0.2, 0) is 28.7 Å². The molecule has 31 heavy (non-hydrogen) atoms. The van der Waals surface area contributed by atoms with Crippen LogP contribution in [-0.4, -0.2) is 28.0 Å². The van der Waals surface area contributed by atoms with E-state index < -0.39 is 30.2 Å². The Morgan fingerprint density at radius 3 is 2.84 bits per heavy atom. The molecular formula is C20H16F3N3O4S. The number of carbonyl (C=O) groups excluding carboxylic acids is 2. The quantitative estimate of drug-likeness (QED) is 0.613. The fourth-order valence-corrected chi connectivity index (χ4v) is 4.52. The van der Waals surface area contributed by atoms with Crippen LogP contribution in [0.25, 0.3) is 10.2 Å². The summed E-state index contributed by atoms with van der Waals surface area (Å²) in [6, 6.07) is 4.12. The molecule has 0 aliphatic carbocycles. The molecule has 1 amide bonds. The van der Waals surface area contributed by atoms with E-state index in [0.29, 0.717) is 34.6 Å². The lowest BCUT2D eigenvalue weighted by atomic mass is 10.2. The number of fused-ring (bicyclic) bond motifs is 2. The average Bonchev–Trinajstić information content (AvgIpc) is 3.31. The SMILES string of the molecule is Cc1c(C(=O)OCC(=O)Nc2cccc(C(F)(F)F)c2)sc2nc3n(c(=O)c12)CCC3. The number of esters is 1. The van der Waals surface area contributed by atoms with Gasteiger partial charge in [0, 0.05) is 18.7 Å². The highest BCUT2D eigenvalue weighted by Crippen LogP contribution is 2.31. The van der Waals surface area contributed by atoms with Crippen LogP contribution in [0, 0.1) is 6.92 Å². The van der Waals surface area contributed by atoms with Crippen molar-refractivity contribution >= 4 is 39.1 Å². The standard InChI is InChI=1S/C20H16F3N3O4S/c1-10-15-17(25-13-6-3-7-26(13)18(15)28)31-16(10)19(29)30-9-14(27)24-12-5-2-4-11(8-12)20(21,22)23/h2,4-5,8H,3,6-7,9H2,1H3,(H,24,27). The number of benzene rings is 1. The minimum Gasteiger partial charge on any atom is -0.451 e. The predicted octanol–water partition coefficient (Wildman–Crippen LogP) is 3.53. The zero-order valence-electron chi connectivity index (χ0n) is 16.2. The van der Waals surface area contributed by atoms with Gasteiger partial charge in [0.2, 0.25) is 0 Å². The van der Waals surface area contributed by atoms with Crippen molar-refractivity contribution in [1.29, 1.82) is 0 Å². The third kappa shape index (κ3) is 4.05. The third-order valence-electron chi connectivity index (χ3n) is 4.90. The summed E-state index contributed by atoms with van der Waals surface area (Å²) in [5.41, 5.74) is -0.745. The lowest BCUT2D eigenvalue weighted by Crippen LogP contribution is -2.21. The van der Waals surface area contributed by atoms with Crippen LogP contribution in [0.2, 0.25) is 0 Å². The summed E-state index contributed by atoms with van der Waals surface area (Å²) in [4.78, 5) is 42.2. The Labute approximate surface area is 177 Å². The van der Waals surface area contributed by atoms with E-state index >= 15 is 0 Å². The first-order chi connectivity index (χ1) is 14.6. The number of rotatable bonds is 4. The zero-order valence-corrected chi connectivity index (χ0v) is 17.0. The predicted molar refractivity (Wildman–Crippen MR) is 107 cm³/mol. The lowest BCUT2D eigenvalue weighted by molar-refractivity contribution is -0.137. The van der Waals surface area contributed by atoms with E-state index in [1.165, 1.54) is 6.07 Å². The average molecular weight is 451 g/mol. The Balaban J connectivity index is 1.46. The summed E-state index contributed by atoms with van der Waals surface area (Å²) in [5.74, 6) is -0.910. The molecule has 0 radical (unpaired) electrons. The van der Waals surface area contributed by atoms with Gasteiger partial charge in [-0.15, -0.1) is 11.3 Å². The van der Waals surface area contributed by atoms with Crippen molar-refractivity contribution < 1.29 is 27.5 Å². The molecule has 4 rings (SSSR count). The molecule has 3 aromatic rings. The number of aryl methyl sites for hydroxylation is 2. The number of carbonyl (C=O) groups is 2. The molecule has 3 heterocycles. The topological polar surface area (TPSA) is 90.3 Å². The van der Waals surface area contributed by atoms with Crippen LogP contribution in [0.4, 0.5) is 18.9 Å². The van der Waals surface area contributed by atoms with Crippen molar-refractivity contribution in [3.63, 3.8) is 0 Å². The van der Waals surface area contributed by atoms with Crippen LogP contribution in [0.3, 0.4) is 0 Å². The molecule has 1 aromatic carbocycles. The number of aromatic nitrogens is 2. The Kier molecular flexibility index (Phi) is 5.29. The monoisotopic (exact) mass is 451 g/mol. The molecule has 7 nitrogen and oxygen atoms in total. The van der Waals surface area contributed by atoms with E-state index in [-0.39, 0.29) is 16.1 Å². The van der Waals surface area contributed by atoms with Crippen molar-refractivity contribution in [2.75, 3.05) is 11.9 Å².